The zero-order chi connectivity index (χ0) is 29.3. The van der Waals surface area contributed by atoms with Crippen LogP contribution in [0.5, 0.6) is 0 Å². The molecule has 12 heteroatoms. The minimum atomic E-state index is -1.05. The van der Waals surface area contributed by atoms with E-state index in [-0.39, 0.29) is 37.1 Å². The lowest BCUT2D eigenvalue weighted by Crippen LogP contribution is -2.59. The van der Waals surface area contributed by atoms with Crippen LogP contribution in [0.25, 0.3) is 10.9 Å². The molecule has 1 aromatic heterocycles. The number of non-ortho nitro benzene ring substituents is 1. The van der Waals surface area contributed by atoms with Crippen LogP contribution in [-0.4, -0.2) is 81.1 Å². The van der Waals surface area contributed by atoms with Gasteiger partial charge in [-0.2, -0.15) is 0 Å². The summed E-state index contributed by atoms with van der Waals surface area (Å²) in [4.78, 5) is 56.3. The highest BCUT2D eigenvalue weighted by Crippen LogP contribution is 2.30. The Balaban J connectivity index is 1.32. The number of ether oxygens (including phenoxy) is 2. The maximum atomic E-state index is 13.7. The molecule has 0 bridgehead atoms. The Bertz CT molecular complexity index is 1460. The number of rotatable bonds is 7. The molecule has 2 saturated heterocycles. The number of amides is 3. The first-order chi connectivity index (χ1) is 19.5. The number of nitro benzene ring substituents is 1. The van der Waals surface area contributed by atoms with E-state index in [9.17, 15) is 24.5 Å². The van der Waals surface area contributed by atoms with Crippen molar-refractivity contribution in [3.63, 3.8) is 0 Å². The van der Waals surface area contributed by atoms with Crippen molar-refractivity contribution in [2.45, 2.75) is 57.5 Å². The zero-order valence-corrected chi connectivity index (χ0v) is 23.2. The van der Waals surface area contributed by atoms with E-state index < -0.39 is 34.7 Å². The fourth-order valence-electron chi connectivity index (χ4n) is 5.32. The minimum absolute atomic E-state index is 0.0959. The third-order valence-electron chi connectivity index (χ3n) is 7.22. The highest BCUT2D eigenvalue weighted by molar-refractivity contribution is 5.95. The zero-order valence-electron chi connectivity index (χ0n) is 23.2. The van der Waals surface area contributed by atoms with Gasteiger partial charge in [-0.3, -0.25) is 19.7 Å². The lowest BCUT2D eigenvalue weighted by atomic mass is 10.0. The summed E-state index contributed by atoms with van der Waals surface area (Å²) >= 11 is 0. The Morgan fingerprint density at radius 2 is 1.88 bits per heavy atom. The second kappa shape index (κ2) is 11.2. The number of nitrogens with zero attached hydrogens (tertiary/aromatic N) is 3. The van der Waals surface area contributed by atoms with E-state index in [1.807, 2.05) is 30.5 Å². The molecule has 0 aliphatic carbocycles. The first-order valence-corrected chi connectivity index (χ1v) is 13.5. The number of benzene rings is 2. The lowest BCUT2D eigenvalue weighted by molar-refractivity contribution is -0.384. The Kier molecular flexibility index (Phi) is 7.68. The number of aromatic amines is 1. The average molecular weight is 564 g/mol. The molecule has 12 nitrogen and oxygen atoms in total. The number of carbonyl (C=O) groups excluding carboxylic acids is 3. The lowest BCUT2D eigenvalue weighted by Gasteiger charge is -2.40. The van der Waals surface area contributed by atoms with Crippen LogP contribution < -0.4 is 5.32 Å². The molecular weight excluding hydrogens is 530 g/mol. The summed E-state index contributed by atoms with van der Waals surface area (Å²) in [6.07, 6.45) is 0.259. The van der Waals surface area contributed by atoms with E-state index in [1.54, 1.807) is 30.6 Å². The predicted molar refractivity (Wildman–Crippen MR) is 150 cm³/mol. The third-order valence-corrected chi connectivity index (χ3v) is 7.22. The third kappa shape index (κ3) is 6.32. The number of hydrogen-bond acceptors (Lipinski definition) is 7. The molecule has 0 spiro atoms. The van der Waals surface area contributed by atoms with Gasteiger partial charge in [0.05, 0.1) is 30.0 Å². The van der Waals surface area contributed by atoms with Crippen LogP contribution in [0.15, 0.2) is 54.7 Å². The van der Waals surface area contributed by atoms with Gasteiger partial charge in [-0.05, 0) is 51.0 Å². The molecular formula is C29H33N5O7. The molecule has 41 heavy (non-hydrogen) atoms. The van der Waals surface area contributed by atoms with E-state index in [0.29, 0.717) is 18.7 Å². The molecule has 5 rings (SSSR count). The number of para-hydroxylation sites is 1. The maximum Gasteiger partial charge on any atom is 0.410 e. The Hall–Kier alpha value is -4.45. The number of morpholine rings is 1. The average Bonchev–Trinajstić information content (AvgIpc) is 3.52. The van der Waals surface area contributed by atoms with Gasteiger partial charge in [-0.25, -0.2) is 4.79 Å². The standard InChI is InChI=1S/C29H33N5O7/c1-29(2,3)41-28(37)32-16-23-25(17-32)40-24(14-26(35)31-19-8-10-20(11-9-19)34(38)39)27(36)33(23)13-12-18-15-30-22-7-5-4-6-21(18)22/h4-11,15,23-25,30H,12-14,16-17H2,1-3H3,(H,31,35). The van der Waals surface area contributed by atoms with Gasteiger partial charge >= 0.3 is 6.09 Å². The van der Waals surface area contributed by atoms with Gasteiger partial charge < -0.3 is 29.6 Å². The van der Waals surface area contributed by atoms with Crippen LogP contribution in [0.4, 0.5) is 16.2 Å². The fraction of sp³-hybridized carbons (Fsp3) is 0.414. The Labute approximate surface area is 236 Å². The van der Waals surface area contributed by atoms with Gasteiger partial charge in [0.1, 0.15) is 11.7 Å². The number of nitro groups is 1. The van der Waals surface area contributed by atoms with E-state index in [1.165, 1.54) is 24.3 Å². The number of anilines is 1. The Morgan fingerprint density at radius 1 is 1.15 bits per heavy atom. The number of fused-ring (bicyclic) bond motifs is 2. The molecule has 2 aliphatic rings. The van der Waals surface area contributed by atoms with Gasteiger partial charge in [-0.15, -0.1) is 0 Å². The highest BCUT2D eigenvalue weighted by Gasteiger charge is 2.49. The number of hydrogen-bond donors (Lipinski definition) is 2. The van der Waals surface area contributed by atoms with Crippen molar-refractivity contribution < 1.29 is 28.8 Å². The molecule has 2 aliphatic heterocycles. The second-order valence-electron chi connectivity index (χ2n) is 11.3. The van der Waals surface area contributed by atoms with Crippen molar-refractivity contribution in [3.8, 4) is 0 Å². The van der Waals surface area contributed by atoms with Gasteiger partial charge in [0.2, 0.25) is 5.91 Å². The second-order valence-corrected chi connectivity index (χ2v) is 11.3. The van der Waals surface area contributed by atoms with Gasteiger partial charge in [0.25, 0.3) is 11.6 Å². The quantitative estimate of drug-likeness (QED) is 0.328. The summed E-state index contributed by atoms with van der Waals surface area (Å²) in [7, 11) is 0. The normalized spacial score (nSPS) is 20.7. The fourth-order valence-corrected chi connectivity index (χ4v) is 5.32. The van der Waals surface area contributed by atoms with E-state index >= 15 is 0 Å². The summed E-state index contributed by atoms with van der Waals surface area (Å²) in [5, 5.41) is 14.7. The van der Waals surface area contributed by atoms with Crippen molar-refractivity contribution >= 4 is 40.2 Å². The summed E-state index contributed by atoms with van der Waals surface area (Å²) < 4.78 is 11.7. The van der Waals surface area contributed by atoms with Crippen LogP contribution in [0.2, 0.25) is 0 Å². The van der Waals surface area contributed by atoms with Gasteiger partial charge in [-0.1, -0.05) is 18.2 Å². The van der Waals surface area contributed by atoms with Crippen molar-refractivity contribution in [2.75, 3.05) is 25.0 Å². The number of likely N-dealkylation sites (tertiary alicyclic amines) is 1. The van der Waals surface area contributed by atoms with Crippen LogP contribution in [0.3, 0.4) is 0 Å². The molecule has 2 aromatic carbocycles. The van der Waals surface area contributed by atoms with Crippen molar-refractivity contribution in [3.05, 3.63) is 70.4 Å². The summed E-state index contributed by atoms with van der Waals surface area (Å²) in [5.41, 5.74) is 1.67. The number of aromatic nitrogens is 1. The first-order valence-electron chi connectivity index (χ1n) is 13.5. The molecule has 3 amide bonds. The number of carbonyl (C=O) groups is 3. The molecule has 3 aromatic rings. The van der Waals surface area contributed by atoms with E-state index in [4.69, 9.17) is 9.47 Å². The monoisotopic (exact) mass is 563 g/mol. The van der Waals surface area contributed by atoms with Gasteiger partial charge in [0, 0.05) is 48.0 Å². The van der Waals surface area contributed by atoms with E-state index in [2.05, 4.69) is 10.3 Å². The summed E-state index contributed by atoms with van der Waals surface area (Å²) in [5.74, 6) is -0.787. The molecule has 3 heterocycles. The predicted octanol–water partition coefficient (Wildman–Crippen LogP) is 3.86. The molecule has 0 saturated carbocycles. The van der Waals surface area contributed by atoms with Crippen molar-refractivity contribution in [1.29, 1.82) is 0 Å². The molecule has 3 unspecified atom stereocenters. The van der Waals surface area contributed by atoms with Crippen LogP contribution >= 0.6 is 0 Å². The SMILES string of the molecule is CC(C)(C)OC(=O)N1CC2OC(CC(=O)Nc3ccc([N+](=O)[O-])cc3)C(=O)N(CCc3c[nH]c4ccccc34)C2C1. The molecule has 2 N–H and O–H groups in total. The summed E-state index contributed by atoms with van der Waals surface area (Å²) in [6, 6.07) is 13.0. The van der Waals surface area contributed by atoms with Crippen LogP contribution in [-0.2, 0) is 25.5 Å². The largest absolute Gasteiger partial charge is 0.444 e. The molecule has 2 fully saturated rings. The molecule has 0 radical (unpaired) electrons. The maximum absolute atomic E-state index is 13.7. The smallest absolute Gasteiger partial charge is 0.410 e. The van der Waals surface area contributed by atoms with Crippen molar-refractivity contribution in [1.82, 2.24) is 14.8 Å². The van der Waals surface area contributed by atoms with Crippen LogP contribution in [0, 0.1) is 10.1 Å². The highest BCUT2D eigenvalue weighted by atomic mass is 16.6. The molecule has 3 atom stereocenters. The minimum Gasteiger partial charge on any atom is -0.444 e. The first kappa shape index (κ1) is 28.1. The molecule has 216 valence electrons. The topological polar surface area (TPSA) is 147 Å². The van der Waals surface area contributed by atoms with Gasteiger partial charge in [0.15, 0.2) is 0 Å². The van der Waals surface area contributed by atoms with E-state index in [0.717, 1.165) is 16.5 Å². The Morgan fingerprint density at radius 3 is 2.59 bits per heavy atom. The number of nitrogens with one attached hydrogen (secondary N) is 2. The van der Waals surface area contributed by atoms with Crippen molar-refractivity contribution in [2.24, 2.45) is 0 Å². The van der Waals surface area contributed by atoms with Crippen LogP contribution in [0.1, 0.15) is 32.8 Å². The number of H-pyrrole nitrogens is 1. The summed E-state index contributed by atoms with van der Waals surface area (Å²) in [6.45, 7) is 6.26.